The second-order valence-electron chi connectivity index (χ2n) is 5.79. The summed E-state index contributed by atoms with van der Waals surface area (Å²) in [4.78, 5) is 16.6. The normalized spacial score (nSPS) is 10.9. The van der Waals surface area contributed by atoms with Crippen LogP contribution in [0.4, 0.5) is 5.82 Å². The number of pyridine rings is 1. The van der Waals surface area contributed by atoms with E-state index in [0.29, 0.717) is 28.2 Å². The first-order valence-corrected chi connectivity index (χ1v) is 7.68. The minimum absolute atomic E-state index is 0.232. The van der Waals surface area contributed by atoms with E-state index in [1.54, 1.807) is 37.0 Å². The molecule has 0 aliphatic rings. The standard InChI is InChI=1S/C18H20N4O3/c1-9-5-14-15(17(20)23)16(19)22(18(14)21-10(9)2)11-6-12(24-3)8-13(7-11)25-4/h5-8H,19H2,1-4H3,(H2,20,23). The first kappa shape index (κ1) is 16.6. The molecule has 1 aromatic carbocycles. The van der Waals surface area contributed by atoms with Gasteiger partial charge < -0.3 is 20.9 Å². The van der Waals surface area contributed by atoms with Crippen molar-refractivity contribution in [3.63, 3.8) is 0 Å². The summed E-state index contributed by atoms with van der Waals surface area (Å²) in [7, 11) is 3.13. The highest BCUT2D eigenvalue weighted by Gasteiger charge is 2.22. The second-order valence-corrected chi connectivity index (χ2v) is 5.79. The minimum Gasteiger partial charge on any atom is -0.497 e. The number of ether oxygens (including phenoxy) is 2. The van der Waals surface area contributed by atoms with E-state index in [0.717, 1.165) is 11.3 Å². The predicted molar refractivity (Wildman–Crippen MR) is 96.6 cm³/mol. The molecule has 0 radical (unpaired) electrons. The number of carbonyl (C=O) groups is 1. The highest BCUT2D eigenvalue weighted by atomic mass is 16.5. The van der Waals surface area contributed by atoms with E-state index >= 15 is 0 Å². The van der Waals surface area contributed by atoms with Crippen LogP contribution in [-0.4, -0.2) is 29.7 Å². The summed E-state index contributed by atoms with van der Waals surface area (Å²) in [5, 5.41) is 0.620. The summed E-state index contributed by atoms with van der Waals surface area (Å²) in [6.45, 7) is 3.83. The van der Waals surface area contributed by atoms with Gasteiger partial charge in [-0.15, -0.1) is 0 Å². The minimum atomic E-state index is -0.596. The number of nitrogen functional groups attached to an aromatic ring is 1. The van der Waals surface area contributed by atoms with Gasteiger partial charge in [-0.1, -0.05) is 0 Å². The molecule has 7 nitrogen and oxygen atoms in total. The van der Waals surface area contributed by atoms with Gasteiger partial charge in [0.1, 0.15) is 23.0 Å². The van der Waals surface area contributed by atoms with Gasteiger partial charge in [-0.3, -0.25) is 9.36 Å². The fourth-order valence-electron chi connectivity index (χ4n) is 2.85. The quantitative estimate of drug-likeness (QED) is 0.758. The molecule has 0 aliphatic carbocycles. The first-order valence-electron chi connectivity index (χ1n) is 7.68. The van der Waals surface area contributed by atoms with Crippen LogP contribution in [0.1, 0.15) is 21.6 Å². The third kappa shape index (κ3) is 2.63. The molecular weight excluding hydrogens is 320 g/mol. The molecule has 2 aromatic heterocycles. The monoisotopic (exact) mass is 340 g/mol. The lowest BCUT2D eigenvalue weighted by molar-refractivity contribution is 0.100. The van der Waals surface area contributed by atoms with Gasteiger partial charge in [0.25, 0.3) is 5.91 Å². The molecule has 3 rings (SSSR count). The van der Waals surface area contributed by atoms with Crippen molar-refractivity contribution in [2.75, 3.05) is 20.0 Å². The molecule has 25 heavy (non-hydrogen) atoms. The summed E-state index contributed by atoms with van der Waals surface area (Å²) in [5.41, 5.74) is 15.1. The fourth-order valence-corrected chi connectivity index (χ4v) is 2.85. The Labute approximate surface area is 145 Å². The molecule has 0 saturated heterocycles. The number of carbonyl (C=O) groups excluding carboxylic acids is 1. The Bertz CT molecular complexity index is 970. The number of aryl methyl sites for hydroxylation is 2. The summed E-state index contributed by atoms with van der Waals surface area (Å²) < 4.78 is 12.3. The smallest absolute Gasteiger partial charge is 0.253 e. The van der Waals surface area contributed by atoms with Crippen LogP contribution in [0.25, 0.3) is 16.7 Å². The zero-order chi connectivity index (χ0) is 18.3. The Kier molecular flexibility index (Phi) is 4.00. The van der Waals surface area contributed by atoms with Gasteiger partial charge in [0.15, 0.2) is 0 Å². The van der Waals surface area contributed by atoms with E-state index in [2.05, 4.69) is 4.98 Å². The van der Waals surface area contributed by atoms with Gasteiger partial charge in [-0.05, 0) is 25.5 Å². The largest absolute Gasteiger partial charge is 0.497 e. The van der Waals surface area contributed by atoms with Crippen molar-refractivity contribution < 1.29 is 14.3 Å². The van der Waals surface area contributed by atoms with Crippen LogP contribution in [0, 0.1) is 13.8 Å². The fraction of sp³-hybridized carbons (Fsp3) is 0.222. The van der Waals surface area contributed by atoms with Crippen LogP contribution in [0.5, 0.6) is 11.5 Å². The molecule has 2 heterocycles. The lowest BCUT2D eigenvalue weighted by atomic mass is 10.1. The number of methoxy groups -OCH3 is 2. The Balaban J connectivity index is 2.42. The van der Waals surface area contributed by atoms with Gasteiger partial charge in [0.05, 0.1) is 25.5 Å². The lowest BCUT2D eigenvalue weighted by Gasteiger charge is -2.12. The number of hydrogen-bond acceptors (Lipinski definition) is 5. The van der Waals surface area contributed by atoms with Crippen LogP contribution in [-0.2, 0) is 0 Å². The highest BCUT2D eigenvalue weighted by molar-refractivity contribution is 6.11. The van der Waals surface area contributed by atoms with Gasteiger partial charge >= 0.3 is 0 Å². The number of nitrogens with zero attached hydrogens (tertiary/aromatic N) is 2. The lowest BCUT2D eigenvalue weighted by Crippen LogP contribution is -2.13. The second kappa shape index (κ2) is 6.01. The van der Waals surface area contributed by atoms with Gasteiger partial charge in [-0.25, -0.2) is 4.98 Å². The summed E-state index contributed by atoms with van der Waals surface area (Å²) in [6, 6.07) is 7.21. The Morgan fingerprint density at radius 3 is 2.20 bits per heavy atom. The van der Waals surface area contributed by atoms with E-state index < -0.39 is 5.91 Å². The molecular formula is C18H20N4O3. The number of aromatic nitrogens is 2. The molecule has 0 spiro atoms. The van der Waals surface area contributed by atoms with E-state index in [-0.39, 0.29) is 11.4 Å². The van der Waals surface area contributed by atoms with Crippen molar-refractivity contribution in [1.29, 1.82) is 0 Å². The molecule has 0 fully saturated rings. The van der Waals surface area contributed by atoms with Crippen molar-refractivity contribution in [2.24, 2.45) is 5.73 Å². The maximum absolute atomic E-state index is 12.0. The van der Waals surface area contributed by atoms with Crippen LogP contribution < -0.4 is 20.9 Å². The molecule has 0 saturated carbocycles. The highest BCUT2D eigenvalue weighted by Crippen LogP contribution is 2.34. The third-order valence-electron chi connectivity index (χ3n) is 4.27. The Morgan fingerprint density at radius 1 is 1.08 bits per heavy atom. The van der Waals surface area contributed by atoms with Crippen molar-refractivity contribution in [3.8, 4) is 17.2 Å². The van der Waals surface area contributed by atoms with Crippen molar-refractivity contribution in [2.45, 2.75) is 13.8 Å². The van der Waals surface area contributed by atoms with Crippen LogP contribution in [0.2, 0.25) is 0 Å². The molecule has 1 amide bonds. The first-order chi connectivity index (χ1) is 11.9. The van der Waals surface area contributed by atoms with E-state index in [4.69, 9.17) is 20.9 Å². The van der Waals surface area contributed by atoms with E-state index in [1.807, 2.05) is 19.9 Å². The number of anilines is 1. The number of amides is 1. The van der Waals surface area contributed by atoms with Crippen molar-refractivity contribution in [3.05, 3.63) is 41.1 Å². The molecule has 4 N–H and O–H groups in total. The Hall–Kier alpha value is -3.22. The number of hydrogen-bond donors (Lipinski definition) is 2. The van der Waals surface area contributed by atoms with Crippen LogP contribution in [0.15, 0.2) is 24.3 Å². The average molecular weight is 340 g/mol. The zero-order valence-corrected chi connectivity index (χ0v) is 14.6. The van der Waals surface area contributed by atoms with Crippen molar-refractivity contribution >= 4 is 22.8 Å². The van der Waals surface area contributed by atoms with Crippen molar-refractivity contribution in [1.82, 2.24) is 9.55 Å². The molecule has 0 atom stereocenters. The number of rotatable bonds is 4. The number of nitrogens with two attached hydrogens (primary N) is 2. The SMILES string of the molecule is COc1cc(OC)cc(-n2c(N)c(C(N)=O)c3cc(C)c(C)nc32)c1. The molecule has 0 bridgehead atoms. The number of benzene rings is 1. The summed E-state index contributed by atoms with van der Waals surface area (Å²) in [5.74, 6) is 0.830. The summed E-state index contributed by atoms with van der Waals surface area (Å²) >= 11 is 0. The molecule has 0 unspecified atom stereocenters. The molecule has 0 aliphatic heterocycles. The third-order valence-corrected chi connectivity index (χ3v) is 4.27. The molecule has 3 aromatic rings. The zero-order valence-electron chi connectivity index (χ0n) is 14.6. The molecule has 130 valence electrons. The number of primary amides is 1. The maximum Gasteiger partial charge on any atom is 0.253 e. The van der Waals surface area contributed by atoms with E-state index in [9.17, 15) is 4.79 Å². The van der Waals surface area contributed by atoms with Crippen LogP contribution in [0.3, 0.4) is 0 Å². The van der Waals surface area contributed by atoms with E-state index in [1.165, 1.54) is 0 Å². The summed E-state index contributed by atoms with van der Waals surface area (Å²) in [6.07, 6.45) is 0. The van der Waals surface area contributed by atoms with Crippen LogP contribution >= 0.6 is 0 Å². The molecule has 7 heteroatoms. The Morgan fingerprint density at radius 2 is 1.68 bits per heavy atom. The van der Waals surface area contributed by atoms with Gasteiger partial charge in [-0.2, -0.15) is 0 Å². The average Bonchev–Trinajstić information content (AvgIpc) is 2.86. The van der Waals surface area contributed by atoms with Gasteiger partial charge in [0, 0.05) is 29.3 Å². The van der Waals surface area contributed by atoms with Gasteiger partial charge in [0.2, 0.25) is 0 Å². The maximum atomic E-state index is 12.0. The topological polar surface area (TPSA) is 105 Å². The number of fused-ring (bicyclic) bond motifs is 1. The predicted octanol–water partition coefficient (Wildman–Crippen LogP) is 2.34.